The Morgan fingerprint density at radius 3 is 2.21 bits per heavy atom. The third-order valence-electron chi connectivity index (χ3n) is 4.51. The van der Waals surface area contributed by atoms with Crippen LogP contribution in [0.3, 0.4) is 0 Å². The molecular weight excluding hydrogens is 354 g/mol. The molecule has 3 rings (SSSR count). The zero-order valence-electron chi connectivity index (χ0n) is 15.9. The molecule has 3 aromatic rings. The summed E-state index contributed by atoms with van der Waals surface area (Å²) in [4.78, 5) is 28.4. The van der Waals surface area contributed by atoms with Crippen molar-refractivity contribution in [2.75, 3.05) is 10.6 Å². The monoisotopic (exact) mass is 377 g/mol. The first-order chi connectivity index (χ1) is 13.5. The molecule has 144 valence electrons. The van der Waals surface area contributed by atoms with E-state index in [4.69, 9.17) is 0 Å². The fourth-order valence-electron chi connectivity index (χ4n) is 2.81. The summed E-state index contributed by atoms with van der Waals surface area (Å²) in [6.07, 6.45) is 3.29. The Balaban J connectivity index is 1.52. The van der Waals surface area contributed by atoms with Crippen LogP contribution in [0.25, 0.3) is 0 Å². The molecule has 0 saturated carbocycles. The molecule has 2 atom stereocenters. The van der Waals surface area contributed by atoms with Crippen LogP contribution in [0.2, 0.25) is 0 Å². The summed E-state index contributed by atoms with van der Waals surface area (Å²) in [5.41, 5.74) is 2.47. The van der Waals surface area contributed by atoms with Gasteiger partial charge in [-0.25, -0.2) is 9.67 Å². The number of benzene rings is 2. The molecular formula is C21H23N5O2. The van der Waals surface area contributed by atoms with Gasteiger partial charge in [0.05, 0.1) is 0 Å². The highest BCUT2D eigenvalue weighted by Gasteiger charge is 2.15. The van der Waals surface area contributed by atoms with Gasteiger partial charge >= 0.3 is 0 Å². The molecule has 0 radical (unpaired) electrons. The van der Waals surface area contributed by atoms with E-state index in [9.17, 15) is 9.59 Å². The van der Waals surface area contributed by atoms with Crippen molar-refractivity contribution in [3.05, 3.63) is 72.8 Å². The highest BCUT2D eigenvalue weighted by Crippen LogP contribution is 2.20. The maximum atomic E-state index is 12.3. The van der Waals surface area contributed by atoms with Crippen LogP contribution in [0.1, 0.15) is 37.8 Å². The average molecular weight is 377 g/mol. The standard InChI is InChI=1S/C21H23N5O2/c1-15(17-6-4-3-5-7-17)12-20(27)24-18-8-10-19(11-9-18)25-21(28)16(2)26-14-22-13-23-26/h3-11,13-16H,12H2,1-2H3,(H,24,27)(H,25,28)/t15-,16+/m1/s1. The minimum atomic E-state index is -0.471. The van der Waals surface area contributed by atoms with Crippen LogP contribution in [0.5, 0.6) is 0 Å². The Kier molecular flexibility index (Phi) is 6.16. The highest BCUT2D eigenvalue weighted by molar-refractivity contribution is 5.94. The molecule has 1 heterocycles. The average Bonchev–Trinajstić information content (AvgIpc) is 3.24. The van der Waals surface area contributed by atoms with Gasteiger partial charge < -0.3 is 10.6 Å². The van der Waals surface area contributed by atoms with Crippen molar-refractivity contribution in [3.8, 4) is 0 Å². The fraction of sp³-hybridized carbons (Fsp3) is 0.238. The molecule has 28 heavy (non-hydrogen) atoms. The Labute approximate surface area is 163 Å². The van der Waals surface area contributed by atoms with Crippen LogP contribution >= 0.6 is 0 Å². The Morgan fingerprint density at radius 2 is 1.61 bits per heavy atom. The van der Waals surface area contributed by atoms with E-state index in [2.05, 4.69) is 20.7 Å². The maximum Gasteiger partial charge on any atom is 0.249 e. The van der Waals surface area contributed by atoms with E-state index < -0.39 is 6.04 Å². The molecule has 7 heteroatoms. The first kappa shape index (κ1) is 19.3. The van der Waals surface area contributed by atoms with Crippen LogP contribution in [-0.4, -0.2) is 26.6 Å². The van der Waals surface area contributed by atoms with Crippen molar-refractivity contribution in [2.45, 2.75) is 32.2 Å². The molecule has 2 aromatic carbocycles. The van der Waals surface area contributed by atoms with Crippen molar-refractivity contribution in [1.82, 2.24) is 14.8 Å². The van der Waals surface area contributed by atoms with Crippen molar-refractivity contribution >= 4 is 23.2 Å². The molecule has 0 bridgehead atoms. The van der Waals surface area contributed by atoms with Gasteiger partial charge in [0.15, 0.2) is 0 Å². The lowest BCUT2D eigenvalue weighted by atomic mass is 9.97. The topological polar surface area (TPSA) is 88.9 Å². The SMILES string of the molecule is C[C@H](CC(=O)Nc1ccc(NC(=O)[C@H](C)n2cncn2)cc1)c1ccccc1. The Hall–Kier alpha value is -3.48. The number of aromatic nitrogens is 3. The highest BCUT2D eigenvalue weighted by atomic mass is 16.2. The van der Waals surface area contributed by atoms with Gasteiger partial charge in [0.2, 0.25) is 11.8 Å². The molecule has 0 aliphatic rings. The number of amides is 2. The molecule has 0 saturated heterocycles. The molecule has 0 aliphatic carbocycles. The van der Waals surface area contributed by atoms with Gasteiger partial charge in [-0.3, -0.25) is 9.59 Å². The van der Waals surface area contributed by atoms with E-state index in [1.165, 1.54) is 17.3 Å². The van der Waals surface area contributed by atoms with Gasteiger partial charge in [-0.05, 0) is 42.7 Å². The zero-order chi connectivity index (χ0) is 19.9. The van der Waals surface area contributed by atoms with Gasteiger partial charge in [-0.1, -0.05) is 37.3 Å². The molecule has 0 spiro atoms. The largest absolute Gasteiger partial charge is 0.326 e. The van der Waals surface area contributed by atoms with Crippen molar-refractivity contribution in [1.29, 1.82) is 0 Å². The van der Waals surface area contributed by atoms with Gasteiger partial charge in [0, 0.05) is 17.8 Å². The molecule has 2 N–H and O–H groups in total. The van der Waals surface area contributed by atoms with Crippen LogP contribution in [0.4, 0.5) is 11.4 Å². The number of nitrogens with zero attached hydrogens (tertiary/aromatic N) is 3. The lowest BCUT2D eigenvalue weighted by Crippen LogP contribution is -2.24. The first-order valence-corrected chi connectivity index (χ1v) is 9.13. The van der Waals surface area contributed by atoms with Crippen molar-refractivity contribution < 1.29 is 9.59 Å². The van der Waals surface area contributed by atoms with E-state index in [0.717, 1.165) is 5.56 Å². The molecule has 7 nitrogen and oxygen atoms in total. The molecule has 1 aromatic heterocycles. The maximum absolute atomic E-state index is 12.3. The summed E-state index contributed by atoms with van der Waals surface area (Å²) in [6.45, 7) is 3.77. The predicted molar refractivity (Wildman–Crippen MR) is 108 cm³/mol. The van der Waals surface area contributed by atoms with Gasteiger partial charge in [0.25, 0.3) is 0 Å². The summed E-state index contributed by atoms with van der Waals surface area (Å²) >= 11 is 0. The molecule has 2 amide bonds. The van der Waals surface area contributed by atoms with E-state index in [1.807, 2.05) is 37.3 Å². The van der Waals surface area contributed by atoms with E-state index in [0.29, 0.717) is 17.8 Å². The van der Waals surface area contributed by atoms with Gasteiger partial charge in [-0.2, -0.15) is 5.10 Å². The summed E-state index contributed by atoms with van der Waals surface area (Å²) in [5.74, 6) is -0.107. The quantitative estimate of drug-likeness (QED) is 0.658. The molecule has 0 fully saturated rings. The zero-order valence-corrected chi connectivity index (χ0v) is 15.9. The third-order valence-corrected chi connectivity index (χ3v) is 4.51. The van der Waals surface area contributed by atoms with Crippen LogP contribution in [-0.2, 0) is 9.59 Å². The minimum Gasteiger partial charge on any atom is -0.326 e. The second kappa shape index (κ2) is 8.94. The number of nitrogens with one attached hydrogen (secondary N) is 2. The summed E-state index contributed by atoms with van der Waals surface area (Å²) in [7, 11) is 0. The second-order valence-corrected chi connectivity index (χ2v) is 6.68. The number of hydrogen-bond acceptors (Lipinski definition) is 4. The van der Waals surface area contributed by atoms with Crippen molar-refractivity contribution in [2.24, 2.45) is 0 Å². The second-order valence-electron chi connectivity index (χ2n) is 6.68. The number of rotatable bonds is 7. The van der Waals surface area contributed by atoms with Gasteiger partial charge in [0.1, 0.15) is 18.7 Å². The smallest absolute Gasteiger partial charge is 0.249 e. The normalized spacial score (nSPS) is 12.8. The summed E-state index contributed by atoms with van der Waals surface area (Å²) < 4.78 is 1.48. The van der Waals surface area contributed by atoms with Crippen LogP contribution in [0, 0.1) is 0 Å². The fourth-order valence-corrected chi connectivity index (χ4v) is 2.81. The Bertz CT molecular complexity index is 908. The number of carbonyl (C=O) groups is 2. The van der Waals surface area contributed by atoms with Crippen molar-refractivity contribution in [3.63, 3.8) is 0 Å². The number of carbonyl (C=O) groups excluding carboxylic acids is 2. The van der Waals surface area contributed by atoms with Crippen LogP contribution in [0.15, 0.2) is 67.3 Å². The predicted octanol–water partition coefficient (Wildman–Crippen LogP) is 3.61. The summed E-state index contributed by atoms with van der Waals surface area (Å²) in [5, 5.41) is 9.69. The minimum absolute atomic E-state index is 0.0482. The lowest BCUT2D eigenvalue weighted by molar-refractivity contribution is -0.119. The lowest BCUT2D eigenvalue weighted by Gasteiger charge is -2.13. The number of anilines is 2. The molecule has 0 unspecified atom stereocenters. The molecule has 0 aliphatic heterocycles. The first-order valence-electron chi connectivity index (χ1n) is 9.13. The van der Waals surface area contributed by atoms with Crippen LogP contribution < -0.4 is 10.6 Å². The van der Waals surface area contributed by atoms with E-state index >= 15 is 0 Å². The van der Waals surface area contributed by atoms with E-state index in [1.54, 1.807) is 31.2 Å². The Morgan fingerprint density at radius 1 is 0.964 bits per heavy atom. The summed E-state index contributed by atoms with van der Waals surface area (Å²) in [6, 6.07) is 16.5. The van der Waals surface area contributed by atoms with Gasteiger partial charge in [-0.15, -0.1) is 0 Å². The third kappa shape index (κ3) is 5.03. The van der Waals surface area contributed by atoms with E-state index in [-0.39, 0.29) is 17.7 Å². The number of hydrogen-bond donors (Lipinski definition) is 2.